The van der Waals surface area contributed by atoms with Crippen LogP contribution in [-0.4, -0.2) is 0 Å². The maximum atomic E-state index is 5.86. The zero-order valence-corrected chi connectivity index (χ0v) is 10.7. The number of benzene rings is 2. The van der Waals surface area contributed by atoms with Gasteiger partial charge in [0.15, 0.2) is 0 Å². The molecule has 0 saturated heterocycles. The second kappa shape index (κ2) is 5.20. The third-order valence-electron chi connectivity index (χ3n) is 2.77. The van der Waals surface area contributed by atoms with Crippen molar-refractivity contribution in [3.63, 3.8) is 0 Å². The van der Waals surface area contributed by atoms with Crippen LogP contribution in [0.3, 0.4) is 0 Å². The van der Waals surface area contributed by atoms with E-state index in [1.807, 2.05) is 19.1 Å². The van der Waals surface area contributed by atoms with Crippen molar-refractivity contribution in [1.82, 2.24) is 0 Å². The smallest absolute Gasteiger partial charge is 0.0406 e. The number of halogens is 1. The Morgan fingerprint density at radius 2 is 1.41 bits per heavy atom. The van der Waals surface area contributed by atoms with Gasteiger partial charge >= 0.3 is 0 Å². The van der Waals surface area contributed by atoms with Crippen molar-refractivity contribution in [2.45, 2.75) is 13.3 Å². The molecule has 0 bridgehead atoms. The maximum absolute atomic E-state index is 5.86. The first-order valence-corrected chi connectivity index (χ1v) is 6.02. The molecule has 0 unspecified atom stereocenters. The molecule has 2 aromatic rings. The van der Waals surface area contributed by atoms with E-state index in [2.05, 4.69) is 43.0 Å². The highest BCUT2D eigenvalue weighted by Gasteiger charge is 1.98. The molecule has 0 radical (unpaired) electrons. The van der Waals surface area contributed by atoms with Gasteiger partial charge in [-0.2, -0.15) is 0 Å². The molecule has 17 heavy (non-hydrogen) atoms. The van der Waals surface area contributed by atoms with Crippen molar-refractivity contribution >= 4 is 17.2 Å². The normalized spacial score (nSPS) is 10.2. The highest BCUT2D eigenvalue weighted by molar-refractivity contribution is 6.30. The number of hydrogen-bond donors (Lipinski definition) is 0. The third-order valence-corrected chi connectivity index (χ3v) is 3.02. The Bertz CT molecular complexity index is 506. The predicted molar refractivity (Wildman–Crippen MR) is 75.4 cm³/mol. The largest absolute Gasteiger partial charge is 0.0955 e. The van der Waals surface area contributed by atoms with Crippen molar-refractivity contribution in [3.8, 4) is 0 Å². The quantitative estimate of drug-likeness (QED) is 0.713. The molecular weight excluding hydrogens is 228 g/mol. The lowest BCUT2D eigenvalue weighted by atomic mass is 10.0. The summed E-state index contributed by atoms with van der Waals surface area (Å²) in [4.78, 5) is 0. The number of hydrogen-bond acceptors (Lipinski definition) is 0. The van der Waals surface area contributed by atoms with E-state index in [4.69, 9.17) is 11.6 Å². The predicted octanol–water partition coefficient (Wildman–Crippen LogP) is 4.96. The van der Waals surface area contributed by atoms with Crippen LogP contribution in [-0.2, 0) is 6.42 Å². The first kappa shape index (κ1) is 11.9. The molecule has 0 aromatic heterocycles. The van der Waals surface area contributed by atoms with Crippen molar-refractivity contribution < 1.29 is 0 Å². The molecule has 0 fully saturated rings. The molecule has 0 nitrogen and oxygen atoms in total. The molecule has 0 saturated carbocycles. The lowest BCUT2D eigenvalue weighted by molar-refractivity contribution is 1.19. The van der Waals surface area contributed by atoms with E-state index in [-0.39, 0.29) is 0 Å². The summed E-state index contributed by atoms with van der Waals surface area (Å²) < 4.78 is 0. The zero-order valence-electron chi connectivity index (χ0n) is 9.91. The van der Waals surface area contributed by atoms with Crippen LogP contribution < -0.4 is 0 Å². The average molecular weight is 243 g/mol. The topological polar surface area (TPSA) is 0 Å². The summed E-state index contributed by atoms with van der Waals surface area (Å²) in [6, 6.07) is 16.5. The second-order valence-corrected chi connectivity index (χ2v) is 4.72. The molecule has 0 aliphatic heterocycles. The van der Waals surface area contributed by atoms with Crippen LogP contribution in [0.15, 0.2) is 55.1 Å². The molecular formula is C16H15Cl. The minimum atomic E-state index is 0.784. The van der Waals surface area contributed by atoms with Crippen LogP contribution in [0.2, 0.25) is 5.02 Å². The van der Waals surface area contributed by atoms with E-state index >= 15 is 0 Å². The van der Waals surface area contributed by atoms with E-state index in [9.17, 15) is 0 Å². The molecule has 1 heteroatoms. The summed E-state index contributed by atoms with van der Waals surface area (Å²) in [7, 11) is 0. The van der Waals surface area contributed by atoms with Gasteiger partial charge in [-0.25, -0.2) is 0 Å². The molecule has 2 rings (SSSR count). The Hall–Kier alpha value is -1.53. The zero-order chi connectivity index (χ0) is 12.3. The maximum Gasteiger partial charge on any atom is 0.0406 e. The minimum Gasteiger partial charge on any atom is -0.0955 e. The highest BCUT2D eigenvalue weighted by atomic mass is 35.5. The number of rotatable bonds is 3. The fourth-order valence-corrected chi connectivity index (χ4v) is 1.87. The van der Waals surface area contributed by atoms with Gasteiger partial charge in [-0.3, -0.25) is 0 Å². The summed E-state index contributed by atoms with van der Waals surface area (Å²) in [6.45, 7) is 5.96. The van der Waals surface area contributed by atoms with Gasteiger partial charge in [0.1, 0.15) is 0 Å². The fraction of sp³-hybridized carbons (Fsp3) is 0.125. The van der Waals surface area contributed by atoms with Crippen LogP contribution in [0.5, 0.6) is 0 Å². The Morgan fingerprint density at radius 3 is 1.88 bits per heavy atom. The molecule has 86 valence electrons. The Balaban J connectivity index is 2.13. The molecule has 0 spiro atoms. The van der Waals surface area contributed by atoms with Gasteiger partial charge in [-0.15, -0.1) is 0 Å². The van der Waals surface area contributed by atoms with Gasteiger partial charge in [0.05, 0.1) is 0 Å². The van der Waals surface area contributed by atoms with Crippen molar-refractivity contribution in [3.05, 3.63) is 76.8 Å². The highest BCUT2D eigenvalue weighted by Crippen LogP contribution is 2.16. The molecule has 0 heterocycles. The van der Waals surface area contributed by atoms with Crippen molar-refractivity contribution in [2.75, 3.05) is 0 Å². The third kappa shape index (κ3) is 3.21. The van der Waals surface area contributed by atoms with Gasteiger partial charge in [0, 0.05) is 5.02 Å². The summed E-state index contributed by atoms with van der Waals surface area (Å²) in [5, 5.41) is 0.784. The molecule has 0 amide bonds. The van der Waals surface area contributed by atoms with Crippen LogP contribution in [0.25, 0.3) is 5.57 Å². The van der Waals surface area contributed by atoms with Crippen LogP contribution in [0, 0.1) is 0 Å². The molecule has 2 aromatic carbocycles. The summed E-state index contributed by atoms with van der Waals surface area (Å²) in [5.74, 6) is 0. The van der Waals surface area contributed by atoms with Crippen molar-refractivity contribution in [1.29, 1.82) is 0 Å². The first-order chi connectivity index (χ1) is 8.15. The van der Waals surface area contributed by atoms with E-state index < -0.39 is 0 Å². The first-order valence-electron chi connectivity index (χ1n) is 5.64. The van der Waals surface area contributed by atoms with Gasteiger partial charge in [-0.05, 0) is 42.2 Å². The molecule has 0 aliphatic rings. The minimum absolute atomic E-state index is 0.784. The van der Waals surface area contributed by atoms with Crippen molar-refractivity contribution in [2.24, 2.45) is 0 Å². The SMILES string of the molecule is C=C(C)c1ccc(Cc2ccc(Cl)cc2)cc1. The van der Waals surface area contributed by atoms with Gasteiger partial charge in [-0.1, -0.05) is 60.2 Å². The molecule has 0 aliphatic carbocycles. The standard InChI is InChI=1S/C16H15Cl/c1-12(2)15-7-3-13(4-8-15)11-14-5-9-16(17)10-6-14/h3-10H,1,11H2,2H3. The lowest BCUT2D eigenvalue weighted by Crippen LogP contribution is -1.88. The van der Waals surface area contributed by atoms with Crippen LogP contribution in [0.1, 0.15) is 23.6 Å². The van der Waals surface area contributed by atoms with Crippen LogP contribution in [0.4, 0.5) is 0 Å². The monoisotopic (exact) mass is 242 g/mol. The molecule has 0 atom stereocenters. The Morgan fingerprint density at radius 1 is 0.941 bits per heavy atom. The van der Waals surface area contributed by atoms with Gasteiger partial charge in [0.2, 0.25) is 0 Å². The summed E-state index contributed by atoms with van der Waals surface area (Å²) >= 11 is 5.86. The van der Waals surface area contributed by atoms with E-state index in [1.54, 1.807) is 0 Å². The van der Waals surface area contributed by atoms with E-state index in [0.29, 0.717) is 0 Å². The summed E-state index contributed by atoms with van der Waals surface area (Å²) in [5.41, 5.74) is 4.88. The lowest BCUT2D eigenvalue weighted by Gasteiger charge is -2.04. The second-order valence-electron chi connectivity index (χ2n) is 4.28. The van der Waals surface area contributed by atoms with Crippen LogP contribution >= 0.6 is 11.6 Å². The van der Waals surface area contributed by atoms with E-state index in [1.165, 1.54) is 16.7 Å². The molecule has 0 N–H and O–H groups in total. The fourth-order valence-electron chi connectivity index (χ4n) is 1.75. The van der Waals surface area contributed by atoms with E-state index in [0.717, 1.165) is 17.0 Å². The average Bonchev–Trinajstić information content (AvgIpc) is 2.33. The van der Waals surface area contributed by atoms with Gasteiger partial charge in [0.25, 0.3) is 0 Å². The van der Waals surface area contributed by atoms with Gasteiger partial charge < -0.3 is 0 Å². The number of allylic oxidation sites excluding steroid dienone is 1. The Labute approximate surface area is 108 Å². The Kier molecular flexibility index (Phi) is 3.65. The summed E-state index contributed by atoms with van der Waals surface area (Å²) in [6.07, 6.45) is 0.938.